The van der Waals surface area contributed by atoms with E-state index < -0.39 is 0 Å². The Balaban J connectivity index is 1.48. The van der Waals surface area contributed by atoms with Crippen LogP contribution in [0.4, 0.5) is 5.82 Å². The third-order valence-corrected chi connectivity index (χ3v) is 5.28. The first-order chi connectivity index (χ1) is 12.7. The minimum atomic E-state index is -0.0734. The van der Waals surface area contributed by atoms with Crippen LogP contribution >= 0.6 is 11.3 Å². The zero-order chi connectivity index (χ0) is 17.9. The second-order valence-corrected chi connectivity index (χ2v) is 7.39. The van der Waals surface area contributed by atoms with Gasteiger partial charge in [-0.3, -0.25) is 9.78 Å². The Morgan fingerprint density at radius 3 is 3.08 bits per heavy atom. The second kappa shape index (κ2) is 7.49. The summed E-state index contributed by atoms with van der Waals surface area (Å²) in [5.41, 5.74) is 2.93. The third kappa shape index (κ3) is 3.90. The van der Waals surface area contributed by atoms with Crippen LogP contribution in [0.5, 0.6) is 0 Å². The summed E-state index contributed by atoms with van der Waals surface area (Å²) in [5.74, 6) is 0.490. The minimum absolute atomic E-state index is 0.0628. The first kappa shape index (κ1) is 17.1. The SMILES string of the molecule is CN1CCOC(CC(=O)Nc2cc3cc(-c4cncs4)ccc3cn2)C1. The molecule has 3 aromatic rings. The van der Waals surface area contributed by atoms with Crippen molar-refractivity contribution in [2.24, 2.45) is 0 Å². The zero-order valence-electron chi connectivity index (χ0n) is 14.5. The molecule has 2 aromatic heterocycles. The van der Waals surface area contributed by atoms with Crippen molar-refractivity contribution in [3.8, 4) is 10.4 Å². The van der Waals surface area contributed by atoms with Gasteiger partial charge in [-0.1, -0.05) is 12.1 Å². The molecular formula is C19H20N4O2S. The van der Waals surface area contributed by atoms with Gasteiger partial charge in [0, 0.05) is 30.9 Å². The first-order valence-corrected chi connectivity index (χ1v) is 9.44. The number of amides is 1. The normalized spacial score (nSPS) is 18.1. The lowest BCUT2D eigenvalue weighted by Gasteiger charge is -2.29. The van der Waals surface area contributed by atoms with Gasteiger partial charge >= 0.3 is 0 Å². The van der Waals surface area contributed by atoms with Gasteiger partial charge in [-0.25, -0.2) is 4.98 Å². The number of fused-ring (bicyclic) bond motifs is 1. The molecule has 134 valence electrons. The summed E-state index contributed by atoms with van der Waals surface area (Å²) in [6.45, 7) is 2.35. The van der Waals surface area contributed by atoms with Crippen LogP contribution in [0, 0.1) is 0 Å². The Bertz CT molecular complexity index is 913. The van der Waals surface area contributed by atoms with Gasteiger partial charge in [0.05, 0.1) is 29.5 Å². The van der Waals surface area contributed by atoms with Gasteiger partial charge in [0.15, 0.2) is 0 Å². The molecule has 1 aromatic carbocycles. The van der Waals surface area contributed by atoms with E-state index in [1.807, 2.05) is 30.9 Å². The van der Waals surface area contributed by atoms with Gasteiger partial charge in [-0.2, -0.15) is 0 Å². The Kier molecular flexibility index (Phi) is 4.92. The van der Waals surface area contributed by atoms with Crippen molar-refractivity contribution in [2.45, 2.75) is 12.5 Å². The first-order valence-electron chi connectivity index (χ1n) is 8.56. The molecule has 1 aliphatic heterocycles. The fourth-order valence-corrected chi connectivity index (χ4v) is 3.73. The highest BCUT2D eigenvalue weighted by atomic mass is 32.1. The summed E-state index contributed by atoms with van der Waals surface area (Å²) in [6.07, 6.45) is 3.92. The number of morpholine rings is 1. The lowest BCUT2D eigenvalue weighted by atomic mass is 10.1. The highest BCUT2D eigenvalue weighted by Crippen LogP contribution is 2.27. The third-order valence-electron chi connectivity index (χ3n) is 4.46. The molecule has 6 nitrogen and oxygen atoms in total. The average molecular weight is 368 g/mol. The standard InChI is InChI=1S/C19H20N4O2S/c1-23-4-5-25-16(11-23)8-19(24)22-18-7-15-6-13(17-10-20-12-26-17)2-3-14(15)9-21-18/h2-3,6-7,9-10,12,16H,4-5,8,11H2,1H3,(H,21,22,24). The topological polar surface area (TPSA) is 67.3 Å². The van der Waals surface area contributed by atoms with Crippen molar-refractivity contribution >= 4 is 33.8 Å². The number of carbonyl (C=O) groups excluding carboxylic acids is 1. The lowest BCUT2D eigenvalue weighted by molar-refractivity contribution is -0.120. The number of hydrogen-bond donors (Lipinski definition) is 1. The Morgan fingerprint density at radius 1 is 1.35 bits per heavy atom. The molecule has 26 heavy (non-hydrogen) atoms. The van der Waals surface area contributed by atoms with Gasteiger partial charge in [-0.15, -0.1) is 11.3 Å². The smallest absolute Gasteiger partial charge is 0.228 e. The molecule has 1 unspecified atom stereocenters. The summed E-state index contributed by atoms with van der Waals surface area (Å²) in [7, 11) is 2.04. The fourth-order valence-electron chi connectivity index (χ4n) is 3.11. The van der Waals surface area contributed by atoms with Crippen LogP contribution in [-0.2, 0) is 9.53 Å². The molecule has 0 radical (unpaired) electrons. The number of thiazole rings is 1. The van der Waals surface area contributed by atoms with Crippen molar-refractivity contribution in [2.75, 3.05) is 32.1 Å². The number of likely N-dealkylation sites (N-methyl/N-ethyl adjacent to an activating group) is 1. The predicted molar refractivity (Wildman–Crippen MR) is 103 cm³/mol. The number of nitrogens with one attached hydrogen (secondary N) is 1. The fraction of sp³-hybridized carbons (Fsp3) is 0.316. The number of pyridine rings is 1. The Hall–Kier alpha value is -2.35. The van der Waals surface area contributed by atoms with E-state index in [9.17, 15) is 4.79 Å². The zero-order valence-corrected chi connectivity index (χ0v) is 15.3. The largest absolute Gasteiger partial charge is 0.375 e. The maximum absolute atomic E-state index is 12.3. The molecule has 1 atom stereocenters. The molecule has 0 saturated carbocycles. The van der Waals surface area contributed by atoms with E-state index in [1.54, 1.807) is 17.5 Å². The number of rotatable bonds is 4. The van der Waals surface area contributed by atoms with Crippen molar-refractivity contribution in [1.29, 1.82) is 0 Å². The summed E-state index contributed by atoms with van der Waals surface area (Å²) in [6, 6.07) is 8.10. The summed E-state index contributed by atoms with van der Waals surface area (Å²) >= 11 is 1.60. The number of aromatic nitrogens is 2. The molecule has 7 heteroatoms. The van der Waals surface area contributed by atoms with E-state index in [0.717, 1.165) is 34.3 Å². The van der Waals surface area contributed by atoms with Crippen LogP contribution in [0.3, 0.4) is 0 Å². The quantitative estimate of drug-likeness (QED) is 0.767. The van der Waals surface area contributed by atoms with Crippen LogP contribution in [-0.4, -0.2) is 53.6 Å². The van der Waals surface area contributed by atoms with Crippen molar-refractivity contribution < 1.29 is 9.53 Å². The summed E-state index contributed by atoms with van der Waals surface area (Å²) in [5, 5.41) is 4.96. The van der Waals surface area contributed by atoms with Crippen molar-refractivity contribution in [1.82, 2.24) is 14.9 Å². The Morgan fingerprint density at radius 2 is 2.27 bits per heavy atom. The maximum Gasteiger partial charge on any atom is 0.228 e. The Labute approximate surface area is 155 Å². The highest BCUT2D eigenvalue weighted by molar-refractivity contribution is 7.13. The molecule has 3 heterocycles. The highest BCUT2D eigenvalue weighted by Gasteiger charge is 2.20. The molecule has 1 fully saturated rings. The van der Waals surface area contributed by atoms with Gasteiger partial charge in [-0.05, 0) is 30.1 Å². The lowest BCUT2D eigenvalue weighted by Crippen LogP contribution is -2.41. The number of nitrogens with zero attached hydrogens (tertiary/aromatic N) is 3. The van der Waals surface area contributed by atoms with Crippen LogP contribution < -0.4 is 5.32 Å². The number of benzene rings is 1. The molecule has 0 aliphatic carbocycles. The second-order valence-electron chi connectivity index (χ2n) is 6.50. The van der Waals surface area contributed by atoms with Crippen molar-refractivity contribution in [3.05, 3.63) is 42.2 Å². The van der Waals surface area contributed by atoms with Crippen molar-refractivity contribution in [3.63, 3.8) is 0 Å². The average Bonchev–Trinajstić information content (AvgIpc) is 3.15. The monoisotopic (exact) mass is 368 g/mol. The maximum atomic E-state index is 12.3. The molecule has 1 N–H and O–H groups in total. The molecular weight excluding hydrogens is 348 g/mol. The van der Waals surface area contributed by atoms with Gasteiger partial charge in [0.25, 0.3) is 0 Å². The van der Waals surface area contributed by atoms with Gasteiger partial charge < -0.3 is 15.0 Å². The van der Waals surface area contributed by atoms with E-state index in [-0.39, 0.29) is 12.0 Å². The van der Waals surface area contributed by atoms with Crippen LogP contribution in [0.2, 0.25) is 0 Å². The predicted octanol–water partition coefficient (Wildman–Crippen LogP) is 3.02. The van der Waals surface area contributed by atoms with Crippen LogP contribution in [0.15, 0.2) is 42.2 Å². The van der Waals surface area contributed by atoms with Crippen LogP contribution in [0.1, 0.15) is 6.42 Å². The van der Waals surface area contributed by atoms with E-state index >= 15 is 0 Å². The van der Waals surface area contributed by atoms with Crippen LogP contribution in [0.25, 0.3) is 21.2 Å². The molecule has 0 bridgehead atoms. The number of ether oxygens (including phenoxy) is 1. The van der Waals surface area contributed by atoms with E-state index in [1.165, 1.54) is 0 Å². The molecule has 1 amide bonds. The number of hydrogen-bond acceptors (Lipinski definition) is 6. The molecule has 0 spiro atoms. The van der Waals surface area contributed by atoms with Gasteiger partial charge in [0.1, 0.15) is 5.82 Å². The molecule has 1 saturated heterocycles. The summed E-state index contributed by atoms with van der Waals surface area (Å²) in [4.78, 5) is 24.1. The van der Waals surface area contributed by atoms with E-state index in [0.29, 0.717) is 18.8 Å². The van der Waals surface area contributed by atoms with E-state index in [2.05, 4.69) is 32.3 Å². The van der Waals surface area contributed by atoms with E-state index in [4.69, 9.17) is 4.74 Å². The number of carbonyl (C=O) groups is 1. The number of anilines is 1. The summed E-state index contributed by atoms with van der Waals surface area (Å²) < 4.78 is 5.66. The minimum Gasteiger partial charge on any atom is -0.375 e. The van der Waals surface area contributed by atoms with Gasteiger partial charge in [0.2, 0.25) is 5.91 Å². The molecule has 1 aliphatic rings. The molecule has 4 rings (SSSR count).